The Morgan fingerprint density at radius 1 is 0.867 bits per heavy atom. The number of anilines is 1. The molecule has 0 spiro atoms. The van der Waals surface area contributed by atoms with Gasteiger partial charge in [-0.3, -0.25) is 9.59 Å². The lowest BCUT2D eigenvalue weighted by molar-refractivity contribution is -0.122. The second-order valence-corrected chi connectivity index (χ2v) is 7.22. The largest absolute Gasteiger partial charge is 0.480 e. The van der Waals surface area contributed by atoms with Crippen molar-refractivity contribution in [3.05, 3.63) is 95.1 Å². The molecule has 5 nitrogen and oxygen atoms in total. The molecule has 0 saturated heterocycles. The Morgan fingerprint density at radius 3 is 2.13 bits per heavy atom. The molecule has 5 heteroatoms. The summed E-state index contributed by atoms with van der Waals surface area (Å²) in [5.74, 6) is 0.313. The standard InChI is InChI=1S/C25H26N2O3/c1-17-8-7-9-18(2)23(17)30-19(3)24(28)27-22-14-12-21(13-15-22)25(29)26-16-20-10-5-4-6-11-20/h4-15,19H,16H2,1-3H3,(H,26,29)(H,27,28). The van der Waals surface area contributed by atoms with Gasteiger partial charge in [0.15, 0.2) is 6.10 Å². The minimum atomic E-state index is -0.654. The van der Waals surface area contributed by atoms with E-state index in [1.165, 1.54) is 0 Å². The predicted molar refractivity (Wildman–Crippen MR) is 119 cm³/mol. The molecule has 2 N–H and O–H groups in total. The lowest BCUT2D eigenvalue weighted by atomic mass is 10.1. The smallest absolute Gasteiger partial charge is 0.265 e. The van der Waals surface area contributed by atoms with Gasteiger partial charge in [-0.05, 0) is 61.7 Å². The zero-order valence-electron chi connectivity index (χ0n) is 17.4. The number of amides is 2. The number of para-hydroxylation sites is 1. The Kier molecular flexibility index (Phi) is 6.86. The van der Waals surface area contributed by atoms with Crippen molar-refractivity contribution < 1.29 is 14.3 Å². The summed E-state index contributed by atoms with van der Waals surface area (Å²) in [4.78, 5) is 24.8. The van der Waals surface area contributed by atoms with Crippen molar-refractivity contribution in [2.75, 3.05) is 5.32 Å². The van der Waals surface area contributed by atoms with E-state index in [2.05, 4.69) is 10.6 Å². The minimum Gasteiger partial charge on any atom is -0.480 e. The first-order valence-corrected chi connectivity index (χ1v) is 9.90. The fourth-order valence-corrected chi connectivity index (χ4v) is 3.04. The summed E-state index contributed by atoms with van der Waals surface area (Å²) in [5.41, 5.74) is 4.15. The van der Waals surface area contributed by atoms with Gasteiger partial charge in [0.05, 0.1) is 0 Å². The highest BCUT2D eigenvalue weighted by molar-refractivity contribution is 5.96. The molecule has 3 rings (SSSR count). The second-order valence-electron chi connectivity index (χ2n) is 7.22. The van der Waals surface area contributed by atoms with Crippen molar-refractivity contribution in [1.29, 1.82) is 0 Å². The highest BCUT2D eigenvalue weighted by Gasteiger charge is 2.17. The third-order valence-corrected chi connectivity index (χ3v) is 4.78. The van der Waals surface area contributed by atoms with Gasteiger partial charge in [0.2, 0.25) is 0 Å². The zero-order valence-corrected chi connectivity index (χ0v) is 17.4. The minimum absolute atomic E-state index is 0.163. The van der Waals surface area contributed by atoms with Crippen LogP contribution in [0.5, 0.6) is 5.75 Å². The fraction of sp³-hybridized carbons (Fsp3) is 0.200. The summed E-state index contributed by atoms with van der Waals surface area (Å²) in [6.07, 6.45) is -0.654. The molecule has 0 bridgehead atoms. The van der Waals surface area contributed by atoms with Crippen LogP contribution in [0.25, 0.3) is 0 Å². The number of carbonyl (C=O) groups is 2. The van der Waals surface area contributed by atoms with Crippen LogP contribution in [-0.2, 0) is 11.3 Å². The van der Waals surface area contributed by atoms with E-state index >= 15 is 0 Å². The van der Waals surface area contributed by atoms with E-state index in [-0.39, 0.29) is 11.8 Å². The summed E-state index contributed by atoms with van der Waals surface area (Å²) in [6.45, 7) is 6.08. The van der Waals surface area contributed by atoms with E-state index in [1.807, 2.05) is 62.4 Å². The van der Waals surface area contributed by atoms with E-state index in [9.17, 15) is 9.59 Å². The molecule has 0 aliphatic heterocycles. The van der Waals surface area contributed by atoms with E-state index in [0.29, 0.717) is 17.8 Å². The molecule has 0 fully saturated rings. The van der Waals surface area contributed by atoms with Crippen molar-refractivity contribution in [2.45, 2.75) is 33.4 Å². The first-order valence-electron chi connectivity index (χ1n) is 9.90. The molecule has 0 aliphatic carbocycles. The number of nitrogens with one attached hydrogen (secondary N) is 2. The average Bonchev–Trinajstić information content (AvgIpc) is 2.75. The molecule has 1 unspecified atom stereocenters. The van der Waals surface area contributed by atoms with E-state index in [4.69, 9.17) is 4.74 Å². The van der Waals surface area contributed by atoms with Crippen molar-refractivity contribution in [2.24, 2.45) is 0 Å². The second kappa shape index (κ2) is 9.74. The average molecular weight is 402 g/mol. The summed E-state index contributed by atoms with van der Waals surface area (Å²) in [5, 5.41) is 5.71. The Morgan fingerprint density at radius 2 is 1.50 bits per heavy atom. The van der Waals surface area contributed by atoms with Crippen LogP contribution in [0.1, 0.15) is 34.0 Å². The Bertz CT molecular complexity index is 994. The first kappa shape index (κ1) is 21.1. The molecule has 30 heavy (non-hydrogen) atoms. The Hall–Kier alpha value is -3.60. The molecule has 0 heterocycles. The van der Waals surface area contributed by atoms with Crippen LogP contribution in [0, 0.1) is 13.8 Å². The van der Waals surface area contributed by atoms with Gasteiger partial charge in [-0.15, -0.1) is 0 Å². The van der Waals surface area contributed by atoms with Gasteiger partial charge in [0.1, 0.15) is 5.75 Å². The van der Waals surface area contributed by atoms with E-state index < -0.39 is 6.10 Å². The van der Waals surface area contributed by atoms with Crippen LogP contribution in [-0.4, -0.2) is 17.9 Å². The third kappa shape index (κ3) is 5.47. The van der Waals surface area contributed by atoms with Crippen LogP contribution >= 0.6 is 0 Å². The van der Waals surface area contributed by atoms with Crippen LogP contribution in [0.3, 0.4) is 0 Å². The van der Waals surface area contributed by atoms with Crippen molar-refractivity contribution in [3.8, 4) is 5.75 Å². The summed E-state index contributed by atoms with van der Waals surface area (Å²) in [7, 11) is 0. The lowest BCUT2D eigenvalue weighted by Crippen LogP contribution is -2.30. The molecule has 1 atom stereocenters. The van der Waals surface area contributed by atoms with E-state index in [0.717, 1.165) is 22.4 Å². The van der Waals surface area contributed by atoms with Crippen molar-refractivity contribution in [3.63, 3.8) is 0 Å². The number of carbonyl (C=O) groups excluding carboxylic acids is 2. The lowest BCUT2D eigenvalue weighted by Gasteiger charge is -2.18. The topological polar surface area (TPSA) is 67.4 Å². The molecule has 3 aromatic carbocycles. The van der Waals surface area contributed by atoms with Gasteiger partial charge in [-0.1, -0.05) is 48.5 Å². The van der Waals surface area contributed by atoms with Crippen molar-refractivity contribution >= 4 is 17.5 Å². The van der Waals surface area contributed by atoms with Gasteiger partial charge in [-0.2, -0.15) is 0 Å². The quantitative estimate of drug-likeness (QED) is 0.605. The molecule has 154 valence electrons. The summed E-state index contributed by atoms with van der Waals surface area (Å²) < 4.78 is 5.87. The summed E-state index contributed by atoms with van der Waals surface area (Å²) in [6, 6.07) is 22.4. The van der Waals surface area contributed by atoms with Crippen LogP contribution < -0.4 is 15.4 Å². The van der Waals surface area contributed by atoms with Gasteiger partial charge < -0.3 is 15.4 Å². The number of hydrogen-bond donors (Lipinski definition) is 2. The molecular weight excluding hydrogens is 376 g/mol. The zero-order chi connectivity index (χ0) is 21.5. The van der Waals surface area contributed by atoms with Gasteiger partial charge in [0, 0.05) is 17.8 Å². The number of ether oxygens (including phenoxy) is 1. The molecule has 0 radical (unpaired) electrons. The van der Waals surface area contributed by atoms with Crippen molar-refractivity contribution in [1.82, 2.24) is 5.32 Å². The monoisotopic (exact) mass is 402 g/mol. The number of rotatable bonds is 7. The Balaban J connectivity index is 1.55. The highest BCUT2D eigenvalue weighted by atomic mass is 16.5. The Labute approximate surface area is 177 Å². The maximum atomic E-state index is 12.5. The SMILES string of the molecule is Cc1cccc(C)c1OC(C)C(=O)Nc1ccc(C(=O)NCc2ccccc2)cc1. The molecular formula is C25H26N2O3. The predicted octanol–water partition coefficient (Wildman–Crippen LogP) is 4.64. The molecule has 3 aromatic rings. The first-order chi connectivity index (χ1) is 14.4. The molecule has 2 amide bonds. The normalized spacial score (nSPS) is 11.4. The summed E-state index contributed by atoms with van der Waals surface area (Å²) >= 11 is 0. The molecule has 0 aliphatic rings. The number of hydrogen-bond acceptors (Lipinski definition) is 3. The van der Waals surface area contributed by atoms with Crippen LogP contribution in [0.4, 0.5) is 5.69 Å². The maximum absolute atomic E-state index is 12.5. The maximum Gasteiger partial charge on any atom is 0.265 e. The number of aryl methyl sites for hydroxylation is 2. The van der Waals surface area contributed by atoms with Gasteiger partial charge in [0.25, 0.3) is 11.8 Å². The molecule has 0 saturated carbocycles. The van der Waals surface area contributed by atoms with E-state index in [1.54, 1.807) is 31.2 Å². The van der Waals surface area contributed by atoms with Crippen LogP contribution in [0.15, 0.2) is 72.8 Å². The highest BCUT2D eigenvalue weighted by Crippen LogP contribution is 2.24. The fourth-order valence-electron chi connectivity index (χ4n) is 3.04. The number of benzene rings is 3. The van der Waals surface area contributed by atoms with Gasteiger partial charge >= 0.3 is 0 Å². The third-order valence-electron chi connectivity index (χ3n) is 4.78. The van der Waals surface area contributed by atoms with Crippen LogP contribution in [0.2, 0.25) is 0 Å². The van der Waals surface area contributed by atoms with Gasteiger partial charge in [-0.25, -0.2) is 0 Å². The molecule has 0 aromatic heterocycles.